The number of pyridine rings is 1. The van der Waals surface area contributed by atoms with Gasteiger partial charge in [0.25, 0.3) is 0 Å². The van der Waals surface area contributed by atoms with Gasteiger partial charge in [-0.3, -0.25) is 0 Å². The van der Waals surface area contributed by atoms with E-state index in [9.17, 15) is 0 Å². The van der Waals surface area contributed by atoms with E-state index in [-0.39, 0.29) is 0 Å². The summed E-state index contributed by atoms with van der Waals surface area (Å²) in [7, 11) is 1.96. The summed E-state index contributed by atoms with van der Waals surface area (Å²) in [4.78, 5) is 7.59. The molecule has 2 N–H and O–H groups in total. The van der Waals surface area contributed by atoms with Gasteiger partial charge in [0.1, 0.15) is 5.82 Å². The van der Waals surface area contributed by atoms with Gasteiger partial charge in [0.15, 0.2) is 0 Å². The van der Waals surface area contributed by atoms with Gasteiger partial charge in [0.2, 0.25) is 0 Å². The van der Waals surface area contributed by atoms with E-state index in [0.717, 1.165) is 38.4 Å². The molecule has 3 nitrogen and oxygen atoms in total. The molecule has 1 aromatic carbocycles. The van der Waals surface area contributed by atoms with Gasteiger partial charge in [-0.1, -0.05) is 35.5 Å². The normalized spacial score (nSPS) is 10.6. The number of nitrogens with zero attached hydrogens (tertiary/aromatic N) is 1. The lowest BCUT2D eigenvalue weighted by Crippen LogP contribution is -2.08. The summed E-state index contributed by atoms with van der Waals surface area (Å²) in [5.41, 5.74) is 0. The molecule has 0 fully saturated rings. The topological polar surface area (TPSA) is 37.0 Å². The van der Waals surface area contributed by atoms with Crippen LogP contribution in [0.15, 0.2) is 62.8 Å². The lowest BCUT2D eigenvalue weighted by Gasteiger charge is -2.17. The lowest BCUT2D eigenvalue weighted by molar-refractivity contribution is 0.778. The van der Waals surface area contributed by atoms with Gasteiger partial charge < -0.3 is 23.3 Å². The van der Waals surface area contributed by atoms with Gasteiger partial charge in [-0.25, -0.2) is 4.98 Å². The summed E-state index contributed by atoms with van der Waals surface area (Å²) in [6.45, 7) is 4.74. The second kappa shape index (κ2) is 10.2. The van der Waals surface area contributed by atoms with Crippen LogP contribution in [0.4, 0.5) is 5.82 Å². The molecule has 0 unspecified atom stereocenters. The fourth-order valence-electron chi connectivity index (χ4n) is 1.89. The summed E-state index contributed by atoms with van der Waals surface area (Å²) < 4.78 is 0. The van der Waals surface area contributed by atoms with Crippen molar-refractivity contribution < 1.29 is 0 Å². The van der Waals surface area contributed by atoms with Gasteiger partial charge in [-0.2, -0.15) is 0 Å². The molecule has 2 rings (SSSR count). The molecule has 2 aromatic rings. The highest BCUT2D eigenvalue weighted by atomic mass is 35.5. The number of hydrogen-bond acceptors (Lipinski definition) is 6. The molecule has 7 heteroatoms. The third kappa shape index (κ3) is 6.18. The van der Waals surface area contributed by atoms with Crippen molar-refractivity contribution in [2.45, 2.75) is 21.1 Å². The Balaban J connectivity index is 2.20. The van der Waals surface area contributed by atoms with Crippen molar-refractivity contribution in [3.05, 3.63) is 53.2 Å². The van der Waals surface area contributed by atoms with E-state index in [1.807, 2.05) is 37.5 Å². The molecule has 0 atom stereocenters. The van der Waals surface area contributed by atoms with Gasteiger partial charge in [0, 0.05) is 16.0 Å². The number of benzene rings is 1. The predicted octanol–water partition coefficient (Wildman–Crippen LogP) is 5.02. The quantitative estimate of drug-likeness (QED) is 0.352. The van der Waals surface area contributed by atoms with Crippen LogP contribution in [0, 0.1) is 0 Å². The second-order valence-electron chi connectivity index (χ2n) is 4.90. The van der Waals surface area contributed by atoms with E-state index in [2.05, 4.69) is 28.3 Å². The molecular formula is C17H19ClN3S3-. The molecule has 0 saturated heterocycles. The van der Waals surface area contributed by atoms with Crippen LogP contribution in [-0.2, 0) is 12.6 Å². The van der Waals surface area contributed by atoms with Crippen LogP contribution in [0.5, 0.6) is 0 Å². The summed E-state index contributed by atoms with van der Waals surface area (Å²) in [5.74, 6) is 1.75. The van der Waals surface area contributed by atoms with Crippen LogP contribution in [0.25, 0.3) is 0 Å². The number of anilines is 1. The zero-order valence-corrected chi connectivity index (χ0v) is 16.5. The van der Waals surface area contributed by atoms with E-state index in [0.29, 0.717) is 10.8 Å². The highest BCUT2D eigenvalue weighted by Crippen LogP contribution is 2.38. The third-order valence-electron chi connectivity index (χ3n) is 2.98. The summed E-state index contributed by atoms with van der Waals surface area (Å²) in [6, 6.07) is 9.88. The summed E-state index contributed by atoms with van der Waals surface area (Å²) in [6.07, 6.45) is 2.97. The fourth-order valence-corrected chi connectivity index (χ4v) is 4.11. The van der Waals surface area contributed by atoms with E-state index in [1.165, 1.54) is 0 Å². The Labute approximate surface area is 162 Å². The zero-order valence-electron chi connectivity index (χ0n) is 13.3. The van der Waals surface area contributed by atoms with Gasteiger partial charge in [0.05, 0.1) is 9.92 Å². The van der Waals surface area contributed by atoms with Crippen LogP contribution in [-0.4, -0.2) is 24.3 Å². The Bertz CT molecular complexity index is 695. The molecule has 1 aromatic heterocycles. The molecule has 0 radical (unpaired) electrons. The average molecular weight is 397 g/mol. The number of halogens is 1. The van der Waals surface area contributed by atoms with Crippen molar-refractivity contribution in [1.82, 2.24) is 10.3 Å². The first-order valence-electron chi connectivity index (χ1n) is 7.43. The largest absolute Gasteiger partial charge is 0.763 e. The Morgan fingerprint density at radius 1 is 1.33 bits per heavy atom. The molecule has 0 aliphatic heterocycles. The molecule has 0 bridgehead atoms. The van der Waals surface area contributed by atoms with Crippen molar-refractivity contribution in [2.75, 3.05) is 24.7 Å². The fraction of sp³-hybridized carbons (Fsp3) is 0.235. The Morgan fingerprint density at radius 3 is 2.83 bits per heavy atom. The van der Waals surface area contributed by atoms with Crippen molar-refractivity contribution in [3.63, 3.8) is 0 Å². The number of thioether (sulfide) groups is 1. The molecule has 24 heavy (non-hydrogen) atoms. The maximum Gasteiger partial charge on any atom is 0.142 e. The molecular weight excluding hydrogens is 378 g/mol. The summed E-state index contributed by atoms with van der Waals surface area (Å²) in [5, 5.41) is 7.36. The predicted molar refractivity (Wildman–Crippen MR) is 109 cm³/mol. The molecule has 0 saturated carbocycles. The zero-order chi connectivity index (χ0) is 17.4. The molecule has 0 aliphatic carbocycles. The second-order valence-corrected chi connectivity index (χ2v) is 8.06. The maximum absolute atomic E-state index is 6.28. The van der Waals surface area contributed by atoms with Crippen LogP contribution < -0.4 is 10.6 Å². The van der Waals surface area contributed by atoms with Crippen LogP contribution in [0.3, 0.4) is 0 Å². The smallest absolute Gasteiger partial charge is 0.142 e. The van der Waals surface area contributed by atoms with E-state index in [1.54, 1.807) is 23.5 Å². The highest BCUT2D eigenvalue weighted by Gasteiger charge is 2.09. The molecule has 0 aliphatic rings. The minimum absolute atomic E-state index is 0.443. The maximum atomic E-state index is 6.28. The SMILES string of the molecule is C=C([S-])Nc1ncc(SCCCNC)cc1Sc1ccccc1Cl. The average Bonchev–Trinajstić information content (AvgIpc) is 2.55. The van der Waals surface area contributed by atoms with E-state index in [4.69, 9.17) is 24.2 Å². The molecule has 0 spiro atoms. The number of nitrogens with one attached hydrogen (secondary N) is 2. The van der Waals surface area contributed by atoms with Crippen LogP contribution >= 0.6 is 35.1 Å². The first-order valence-corrected chi connectivity index (χ1v) is 10.0. The van der Waals surface area contributed by atoms with Crippen molar-refractivity contribution in [1.29, 1.82) is 0 Å². The number of hydrogen-bond donors (Lipinski definition) is 2. The van der Waals surface area contributed by atoms with E-state index >= 15 is 0 Å². The first-order chi connectivity index (χ1) is 11.6. The Morgan fingerprint density at radius 2 is 2.12 bits per heavy atom. The van der Waals surface area contributed by atoms with Crippen molar-refractivity contribution >= 4 is 53.6 Å². The van der Waals surface area contributed by atoms with Gasteiger partial charge >= 0.3 is 0 Å². The Hall–Kier alpha value is -0.920. The standard InChI is InChI=1S/C17H20ClN3S3/c1-12(22)21-17-16(24-15-7-4-3-6-14(15)18)10-13(11-20-17)23-9-5-8-19-2/h3-4,6-7,10-11,19,22H,1,5,8-9H2,2H3,(H,20,21)/p-1. The first kappa shape index (κ1) is 19.4. The van der Waals surface area contributed by atoms with Gasteiger partial charge in [-0.15, -0.1) is 23.4 Å². The highest BCUT2D eigenvalue weighted by molar-refractivity contribution is 8.00. The van der Waals surface area contributed by atoms with Crippen LogP contribution in [0.1, 0.15) is 6.42 Å². The van der Waals surface area contributed by atoms with Crippen molar-refractivity contribution in [3.8, 4) is 0 Å². The lowest BCUT2D eigenvalue weighted by atomic mass is 10.4. The number of rotatable bonds is 9. The monoisotopic (exact) mass is 396 g/mol. The van der Waals surface area contributed by atoms with Crippen LogP contribution in [0.2, 0.25) is 5.02 Å². The molecule has 1 heterocycles. The minimum Gasteiger partial charge on any atom is -0.763 e. The summed E-state index contributed by atoms with van der Waals surface area (Å²) >= 11 is 14.7. The molecule has 0 amide bonds. The van der Waals surface area contributed by atoms with E-state index < -0.39 is 0 Å². The van der Waals surface area contributed by atoms with Crippen molar-refractivity contribution in [2.24, 2.45) is 0 Å². The Kier molecular flexibility index (Phi) is 8.21. The third-order valence-corrected chi connectivity index (χ3v) is 5.68. The minimum atomic E-state index is 0.443. The van der Waals surface area contributed by atoms with Gasteiger partial charge in [-0.05, 0) is 44.0 Å². The number of aromatic nitrogens is 1. The molecule has 128 valence electrons.